The Hall–Kier alpha value is -1.62. The Morgan fingerprint density at radius 3 is 2.81 bits per heavy atom. The van der Waals surface area contributed by atoms with Gasteiger partial charge >= 0.3 is 0 Å². The van der Waals surface area contributed by atoms with Crippen LogP contribution in [0.3, 0.4) is 0 Å². The highest BCUT2D eigenvalue weighted by Gasteiger charge is 2.05. The van der Waals surface area contributed by atoms with Gasteiger partial charge < -0.3 is 15.3 Å². The van der Waals surface area contributed by atoms with E-state index < -0.39 is 5.82 Å². The van der Waals surface area contributed by atoms with Crippen molar-refractivity contribution in [3.63, 3.8) is 0 Å². The number of halogens is 1. The Bertz CT molecular complexity index is 380. The van der Waals surface area contributed by atoms with Gasteiger partial charge in [0.05, 0.1) is 6.54 Å². The maximum atomic E-state index is 12.8. The van der Waals surface area contributed by atoms with Crippen molar-refractivity contribution in [1.29, 1.82) is 0 Å². The minimum absolute atomic E-state index is 0.0196. The summed E-state index contributed by atoms with van der Waals surface area (Å²) in [6.07, 6.45) is 0. The third kappa shape index (κ3) is 3.51. The van der Waals surface area contributed by atoms with Gasteiger partial charge in [-0.15, -0.1) is 0 Å². The lowest BCUT2D eigenvalue weighted by molar-refractivity contribution is -0.127. The summed E-state index contributed by atoms with van der Waals surface area (Å²) in [4.78, 5) is 12.7. The van der Waals surface area contributed by atoms with E-state index in [4.69, 9.17) is 0 Å². The van der Waals surface area contributed by atoms with Crippen molar-refractivity contribution in [3.8, 4) is 5.75 Å². The van der Waals surface area contributed by atoms with E-state index in [9.17, 15) is 14.3 Å². The smallest absolute Gasteiger partial charge is 0.236 e. The lowest BCUT2D eigenvalue weighted by Gasteiger charge is -2.11. The standard InChI is InChI=1S/C11H15FN2O2/c1-14(2)11(16)7-13-6-8-5-9(12)3-4-10(8)15/h3-5,13,15H,6-7H2,1-2H3. The summed E-state index contributed by atoms with van der Waals surface area (Å²) >= 11 is 0. The molecular weight excluding hydrogens is 211 g/mol. The second kappa shape index (κ2) is 5.46. The number of hydrogen-bond acceptors (Lipinski definition) is 3. The van der Waals surface area contributed by atoms with Gasteiger partial charge in [0, 0.05) is 26.2 Å². The second-order valence-corrected chi connectivity index (χ2v) is 3.66. The summed E-state index contributed by atoms with van der Waals surface area (Å²) in [5.74, 6) is -0.462. The summed E-state index contributed by atoms with van der Waals surface area (Å²) in [6.45, 7) is 0.409. The van der Waals surface area contributed by atoms with Gasteiger partial charge in [-0.2, -0.15) is 0 Å². The van der Waals surface area contributed by atoms with E-state index in [1.165, 1.54) is 23.1 Å². The van der Waals surface area contributed by atoms with E-state index in [-0.39, 0.29) is 24.7 Å². The van der Waals surface area contributed by atoms with Crippen molar-refractivity contribution >= 4 is 5.91 Å². The molecule has 5 heteroatoms. The number of nitrogens with one attached hydrogen (secondary N) is 1. The third-order valence-corrected chi connectivity index (χ3v) is 2.13. The summed E-state index contributed by atoms with van der Waals surface area (Å²) < 4.78 is 12.8. The minimum Gasteiger partial charge on any atom is -0.508 e. The maximum absolute atomic E-state index is 12.8. The Labute approximate surface area is 93.7 Å². The lowest BCUT2D eigenvalue weighted by Crippen LogP contribution is -2.32. The quantitative estimate of drug-likeness (QED) is 0.795. The van der Waals surface area contributed by atoms with E-state index >= 15 is 0 Å². The van der Waals surface area contributed by atoms with Crippen LogP contribution in [0.2, 0.25) is 0 Å². The zero-order valence-electron chi connectivity index (χ0n) is 9.33. The highest BCUT2D eigenvalue weighted by Crippen LogP contribution is 2.17. The lowest BCUT2D eigenvalue weighted by atomic mass is 10.2. The van der Waals surface area contributed by atoms with Crippen LogP contribution < -0.4 is 5.32 Å². The minimum atomic E-state index is -0.409. The van der Waals surface area contributed by atoms with Crippen LogP contribution in [0.15, 0.2) is 18.2 Å². The van der Waals surface area contributed by atoms with Gasteiger partial charge in [0.25, 0.3) is 0 Å². The van der Waals surface area contributed by atoms with Gasteiger partial charge in [-0.1, -0.05) is 0 Å². The van der Waals surface area contributed by atoms with E-state index in [0.29, 0.717) is 5.56 Å². The van der Waals surface area contributed by atoms with Gasteiger partial charge in [-0.05, 0) is 18.2 Å². The summed E-state index contributed by atoms with van der Waals surface area (Å²) in [5.41, 5.74) is 0.437. The van der Waals surface area contributed by atoms with Gasteiger partial charge in [-0.25, -0.2) is 4.39 Å². The molecule has 0 atom stereocenters. The van der Waals surface area contributed by atoms with E-state index in [1.54, 1.807) is 14.1 Å². The molecule has 16 heavy (non-hydrogen) atoms. The van der Waals surface area contributed by atoms with E-state index in [0.717, 1.165) is 0 Å². The molecule has 0 saturated heterocycles. The fourth-order valence-corrected chi connectivity index (χ4v) is 1.16. The number of carbonyl (C=O) groups is 1. The highest BCUT2D eigenvalue weighted by atomic mass is 19.1. The number of nitrogens with zero attached hydrogens (tertiary/aromatic N) is 1. The first-order valence-electron chi connectivity index (χ1n) is 4.89. The first-order chi connectivity index (χ1) is 7.50. The zero-order chi connectivity index (χ0) is 12.1. The summed E-state index contributed by atoms with van der Waals surface area (Å²) in [6, 6.07) is 3.71. The first kappa shape index (κ1) is 12.4. The average molecular weight is 226 g/mol. The molecule has 1 amide bonds. The number of likely N-dealkylation sites (N-methyl/N-ethyl adjacent to an activating group) is 1. The average Bonchev–Trinajstić information content (AvgIpc) is 2.22. The molecule has 0 spiro atoms. The largest absolute Gasteiger partial charge is 0.508 e. The van der Waals surface area contributed by atoms with Gasteiger partial charge in [0.2, 0.25) is 5.91 Å². The number of hydrogen-bond donors (Lipinski definition) is 2. The highest BCUT2D eigenvalue weighted by molar-refractivity contribution is 5.77. The number of phenolic OH excluding ortho intramolecular Hbond substituents is 1. The van der Waals surface area contributed by atoms with Crippen molar-refractivity contribution in [3.05, 3.63) is 29.6 Å². The Kier molecular flexibility index (Phi) is 4.25. The number of carbonyl (C=O) groups excluding carboxylic acids is 1. The molecular formula is C11H15FN2O2. The molecule has 0 radical (unpaired) electrons. The van der Waals surface area contributed by atoms with Crippen LogP contribution >= 0.6 is 0 Å². The summed E-state index contributed by atoms with van der Waals surface area (Å²) in [5, 5.41) is 12.2. The Morgan fingerprint density at radius 1 is 1.50 bits per heavy atom. The molecule has 0 aliphatic rings. The molecule has 0 unspecified atom stereocenters. The molecule has 0 heterocycles. The number of aromatic hydroxyl groups is 1. The SMILES string of the molecule is CN(C)C(=O)CNCc1cc(F)ccc1O. The molecule has 0 saturated carbocycles. The Balaban J connectivity index is 2.49. The molecule has 88 valence electrons. The number of phenols is 1. The number of rotatable bonds is 4. The van der Waals surface area contributed by atoms with Crippen LogP contribution in [0.4, 0.5) is 4.39 Å². The third-order valence-electron chi connectivity index (χ3n) is 2.13. The molecule has 1 aromatic rings. The number of benzene rings is 1. The molecule has 4 nitrogen and oxygen atoms in total. The number of amides is 1. The monoisotopic (exact) mass is 226 g/mol. The van der Waals surface area contributed by atoms with Crippen LogP contribution in [-0.4, -0.2) is 36.6 Å². The predicted molar refractivity (Wildman–Crippen MR) is 58.5 cm³/mol. The first-order valence-corrected chi connectivity index (χ1v) is 4.89. The summed E-state index contributed by atoms with van der Waals surface area (Å²) in [7, 11) is 3.31. The molecule has 0 aliphatic heterocycles. The second-order valence-electron chi connectivity index (χ2n) is 3.66. The van der Waals surface area contributed by atoms with E-state index in [1.807, 2.05) is 0 Å². The van der Waals surface area contributed by atoms with Crippen LogP contribution in [0.25, 0.3) is 0 Å². The van der Waals surface area contributed by atoms with Crippen molar-refractivity contribution in [1.82, 2.24) is 10.2 Å². The maximum Gasteiger partial charge on any atom is 0.236 e. The molecule has 1 aromatic carbocycles. The van der Waals surface area contributed by atoms with Crippen molar-refractivity contribution in [2.45, 2.75) is 6.54 Å². The molecule has 0 fully saturated rings. The van der Waals surface area contributed by atoms with E-state index in [2.05, 4.69) is 5.32 Å². The molecule has 1 rings (SSSR count). The normalized spacial score (nSPS) is 10.2. The van der Waals surface area contributed by atoms with Gasteiger partial charge in [0.1, 0.15) is 11.6 Å². The topological polar surface area (TPSA) is 52.6 Å². The van der Waals surface area contributed by atoms with Crippen molar-refractivity contribution in [2.75, 3.05) is 20.6 Å². The van der Waals surface area contributed by atoms with Crippen LogP contribution in [0.5, 0.6) is 5.75 Å². The van der Waals surface area contributed by atoms with Crippen molar-refractivity contribution in [2.24, 2.45) is 0 Å². The molecule has 0 aliphatic carbocycles. The predicted octanol–water partition coefficient (Wildman–Crippen LogP) is 0.709. The van der Waals surface area contributed by atoms with Crippen LogP contribution in [-0.2, 0) is 11.3 Å². The van der Waals surface area contributed by atoms with Crippen LogP contribution in [0, 0.1) is 5.82 Å². The molecule has 0 bridgehead atoms. The van der Waals surface area contributed by atoms with Crippen molar-refractivity contribution < 1.29 is 14.3 Å². The molecule has 2 N–H and O–H groups in total. The van der Waals surface area contributed by atoms with Gasteiger partial charge in [0.15, 0.2) is 0 Å². The van der Waals surface area contributed by atoms with Gasteiger partial charge in [-0.3, -0.25) is 4.79 Å². The fraction of sp³-hybridized carbons (Fsp3) is 0.364. The van der Waals surface area contributed by atoms with Crippen LogP contribution in [0.1, 0.15) is 5.56 Å². The zero-order valence-corrected chi connectivity index (χ0v) is 9.33. The Morgan fingerprint density at radius 2 is 2.19 bits per heavy atom. The molecule has 0 aromatic heterocycles. The fourth-order valence-electron chi connectivity index (χ4n) is 1.16.